The van der Waals surface area contributed by atoms with E-state index in [4.69, 9.17) is 9.90 Å². The van der Waals surface area contributed by atoms with Gasteiger partial charge in [-0.2, -0.15) is 31.4 Å². The number of hydrogen-bond donors (Lipinski definition) is 2. The van der Waals surface area contributed by atoms with Crippen molar-refractivity contribution in [2.75, 3.05) is 0 Å². The first kappa shape index (κ1) is 24.4. The third-order valence-electron chi connectivity index (χ3n) is 5.65. The number of nitrogens with one attached hydrogen (secondary N) is 1. The molecule has 0 bridgehead atoms. The molecule has 0 unspecified atom stereocenters. The van der Waals surface area contributed by atoms with Gasteiger partial charge in [0.15, 0.2) is 11.6 Å². The monoisotopic (exact) mass is 503 g/mol. The van der Waals surface area contributed by atoms with Gasteiger partial charge in [-0.25, -0.2) is 13.6 Å². The minimum atomic E-state index is -5.08. The van der Waals surface area contributed by atoms with Crippen molar-refractivity contribution in [2.45, 2.75) is 30.6 Å². The largest absolute Gasteiger partial charge is 0.490 e. The van der Waals surface area contributed by atoms with Gasteiger partial charge in [-0.3, -0.25) is 10.1 Å². The van der Waals surface area contributed by atoms with Crippen LogP contribution in [0.25, 0.3) is 32.8 Å². The van der Waals surface area contributed by atoms with E-state index in [1.54, 1.807) is 18.3 Å². The number of carboxylic acids is 1. The van der Waals surface area contributed by atoms with Crippen LogP contribution in [0.1, 0.15) is 18.5 Å². The summed E-state index contributed by atoms with van der Waals surface area (Å²) in [5.74, 6) is -4.94. The number of hydrogen-bond acceptors (Lipinski definition) is 3. The predicted molar refractivity (Wildman–Crippen MR) is 107 cm³/mol. The van der Waals surface area contributed by atoms with Crippen LogP contribution in [0.2, 0.25) is 0 Å². The summed E-state index contributed by atoms with van der Waals surface area (Å²) in [4.78, 5) is 13.1. The van der Waals surface area contributed by atoms with Crippen molar-refractivity contribution in [3.05, 3.63) is 60.1 Å². The van der Waals surface area contributed by atoms with E-state index < -0.39 is 35.4 Å². The lowest BCUT2D eigenvalue weighted by atomic mass is 9.88. The lowest BCUT2D eigenvalue weighted by Crippen LogP contribution is -2.30. The van der Waals surface area contributed by atoms with Crippen LogP contribution in [0, 0.1) is 11.6 Å². The Labute approximate surface area is 190 Å². The second kappa shape index (κ2) is 8.17. The van der Waals surface area contributed by atoms with Gasteiger partial charge in [0.1, 0.15) is 5.41 Å². The summed E-state index contributed by atoms with van der Waals surface area (Å²) in [5.41, 5.74) is -1.18. The van der Waals surface area contributed by atoms with Gasteiger partial charge in [0.2, 0.25) is 0 Å². The second-order valence-electron chi connectivity index (χ2n) is 7.89. The van der Waals surface area contributed by atoms with E-state index in [9.17, 15) is 35.1 Å². The van der Waals surface area contributed by atoms with Gasteiger partial charge in [-0.15, -0.1) is 0 Å². The third kappa shape index (κ3) is 4.37. The second-order valence-corrected chi connectivity index (χ2v) is 7.89. The van der Waals surface area contributed by atoms with Crippen LogP contribution in [0.3, 0.4) is 0 Å². The van der Waals surface area contributed by atoms with Crippen LogP contribution in [0.4, 0.5) is 35.1 Å². The fourth-order valence-corrected chi connectivity index (χ4v) is 3.74. The molecule has 1 saturated carbocycles. The maximum atomic E-state index is 13.9. The van der Waals surface area contributed by atoms with Crippen LogP contribution in [-0.2, 0) is 10.2 Å². The van der Waals surface area contributed by atoms with E-state index in [1.165, 1.54) is 12.3 Å². The molecule has 4 aromatic rings. The highest BCUT2D eigenvalue weighted by molar-refractivity contribution is 6.04. The average molecular weight is 503 g/mol. The van der Waals surface area contributed by atoms with Crippen molar-refractivity contribution in [3.63, 3.8) is 0 Å². The first-order valence-corrected chi connectivity index (χ1v) is 9.83. The topological polar surface area (TPSA) is 78.9 Å². The van der Waals surface area contributed by atoms with Gasteiger partial charge in [0, 0.05) is 22.5 Å². The number of benzene rings is 2. The molecule has 1 fully saturated rings. The van der Waals surface area contributed by atoms with Gasteiger partial charge < -0.3 is 5.11 Å². The minimum absolute atomic E-state index is 0.0837. The Morgan fingerprint density at radius 3 is 2.14 bits per heavy atom. The SMILES string of the molecule is Fc1ccc(-c2c(C3(C(F)(F)F)CC3)ncc3cc4[nH]ncc4cc23)cc1F.O=C(O)C(F)(F)F. The Hall–Kier alpha value is -3.77. The molecule has 5 nitrogen and oxygen atoms in total. The van der Waals surface area contributed by atoms with Crippen molar-refractivity contribution in [3.8, 4) is 11.1 Å². The van der Waals surface area contributed by atoms with E-state index in [2.05, 4.69) is 15.2 Å². The van der Waals surface area contributed by atoms with Crippen molar-refractivity contribution in [1.82, 2.24) is 15.2 Å². The molecule has 0 aliphatic heterocycles. The minimum Gasteiger partial charge on any atom is -0.475 e. The molecule has 2 heterocycles. The molecule has 0 radical (unpaired) electrons. The van der Waals surface area contributed by atoms with E-state index in [0.717, 1.165) is 12.1 Å². The van der Waals surface area contributed by atoms with Gasteiger partial charge in [0.05, 0.1) is 17.4 Å². The normalized spacial score (nSPS) is 15.1. The maximum absolute atomic E-state index is 13.9. The van der Waals surface area contributed by atoms with Gasteiger partial charge in [-0.1, -0.05) is 6.07 Å². The Kier molecular flexibility index (Phi) is 5.68. The number of aliphatic carboxylic acids is 1. The quantitative estimate of drug-likeness (QED) is 0.316. The molecule has 35 heavy (non-hydrogen) atoms. The Bertz CT molecular complexity index is 1440. The molecule has 2 N–H and O–H groups in total. The molecule has 13 heteroatoms. The number of nitrogens with zero attached hydrogens (tertiary/aromatic N) is 2. The zero-order valence-electron chi connectivity index (χ0n) is 17.2. The average Bonchev–Trinajstić information content (AvgIpc) is 3.46. The maximum Gasteiger partial charge on any atom is 0.490 e. The molecule has 0 spiro atoms. The zero-order valence-corrected chi connectivity index (χ0v) is 17.2. The van der Waals surface area contributed by atoms with E-state index in [-0.39, 0.29) is 29.7 Å². The highest BCUT2D eigenvalue weighted by Gasteiger charge is 2.66. The number of alkyl halides is 6. The number of carboxylic acid groups (broad SMARTS) is 1. The Balaban J connectivity index is 0.000000364. The summed E-state index contributed by atoms with van der Waals surface area (Å²) in [5, 5.41) is 15.6. The molecule has 1 aliphatic rings. The van der Waals surface area contributed by atoms with Crippen molar-refractivity contribution >= 4 is 27.6 Å². The number of rotatable bonds is 2. The summed E-state index contributed by atoms with van der Waals surface area (Å²) < 4.78 is 101. The molecule has 5 rings (SSSR count). The smallest absolute Gasteiger partial charge is 0.475 e. The number of fused-ring (bicyclic) bond motifs is 2. The highest BCUT2D eigenvalue weighted by atomic mass is 19.4. The van der Waals surface area contributed by atoms with E-state index >= 15 is 0 Å². The fraction of sp³-hybridized carbons (Fsp3) is 0.227. The molecule has 0 saturated heterocycles. The summed E-state index contributed by atoms with van der Waals surface area (Å²) in [6, 6.07) is 6.54. The Morgan fingerprint density at radius 2 is 1.60 bits per heavy atom. The third-order valence-corrected chi connectivity index (χ3v) is 5.65. The Morgan fingerprint density at radius 1 is 0.943 bits per heavy atom. The molecular formula is C22H13F8N3O2. The van der Waals surface area contributed by atoms with Crippen LogP contribution in [0.15, 0.2) is 42.7 Å². The number of H-pyrrole nitrogens is 1. The predicted octanol–water partition coefficient (Wildman–Crippen LogP) is 6.28. The molecule has 2 aromatic heterocycles. The molecular weight excluding hydrogens is 490 g/mol. The summed E-state index contributed by atoms with van der Waals surface area (Å²) in [6.45, 7) is 0. The lowest BCUT2D eigenvalue weighted by molar-refractivity contribution is -0.192. The molecule has 0 amide bonds. The van der Waals surface area contributed by atoms with Crippen molar-refractivity contribution in [2.24, 2.45) is 0 Å². The van der Waals surface area contributed by atoms with Gasteiger partial charge in [0.25, 0.3) is 0 Å². The highest BCUT2D eigenvalue weighted by Crippen LogP contribution is 2.60. The van der Waals surface area contributed by atoms with Gasteiger partial charge in [-0.05, 0) is 48.1 Å². The van der Waals surface area contributed by atoms with E-state index in [1.807, 2.05) is 0 Å². The number of pyridine rings is 1. The number of aromatic amines is 1. The number of aromatic nitrogens is 3. The van der Waals surface area contributed by atoms with Crippen LogP contribution < -0.4 is 0 Å². The van der Waals surface area contributed by atoms with Gasteiger partial charge >= 0.3 is 18.3 Å². The molecule has 0 atom stereocenters. The van der Waals surface area contributed by atoms with Crippen molar-refractivity contribution < 1.29 is 45.0 Å². The van der Waals surface area contributed by atoms with Crippen LogP contribution in [-0.4, -0.2) is 38.6 Å². The molecule has 184 valence electrons. The number of carbonyl (C=O) groups is 1. The molecule has 2 aromatic carbocycles. The van der Waals surface area contributed by atoms with Crippen LogP contribution in [0.5, 0.6) is 0 Å². The zero-order chi connectivity index (χ0) is 25.8. The number of halogens is 8. The molecule has 1 aliphatic carbocycles. The summed E-state index contributed by atoms with van der Waals surface area (Å²) in [7, 11) is 0. The van der Waals surface area contributed by atoms with Crippen LogP contribution >= 0.6 is 0 Å². The lowest BCUT2D eigenvalue weighted by Gasteiger charge is -2.23. The standard InChI is InChI=1S/C20H12F5N3.C2HF3O2/c21-14-2-1-10(6-15(14)22)17-13-5-12-9-27-28-16(12)7-11(13)8-26-18(17)19(3-4-19)20(23,24)25;3-2(4,5)1(6)7/h1-2,5-9H,3-4H2,(H,27,28);(H,6,7). The fourth-order valence-electron chi connectivity index (χ4n) is 3.74. The van der Waals surface area contributed by atoms with Crippen molar-refractivity contribution in [1.29, 1.82) is 0 Å². The summed E-state index contributed by atoms with van der Waals surface area (Å²) >= 11 is 0. The van der Waals surface area contributed by atoms with E-state index in [0.29, 0.717) is 21.7 Å². The summed E-state index contributed by atoms with van der Waals surface area (Å²) in [6.07, 6.45) is -6.79. The first-order chi connectivity index (χ1) is 16.2. The first-order valence-electron chi connectivity index (χ1n) is 9.83.